The van der Waals surface area contributed by atoms with Crippen LogP contribution in [-0.4, -0.2) is 53.1 Å². The van der Waals surface area contributed by atoms with Crippen LogP contribution in [0.1, 0.15) is 19.3 Å². The zero-order valence-corrected chi connectivity index (χ0v) is 9.11. The predicted molar refractivity (Wildman–Crippen MR) is 56.4 cm³/mol. The Labute approximate surface area is 93.8 Å². The minimum atomic E-state index is -0.880. The van der Waals surface area contributed by atoms with Crippen molar-refractivity contribution in [1.29, 1.82) is 0 Å². The molecule has 0 aromatic carbocycles. The monoisotopic (exact) mass is 227 g/mol. The van der Waals surface area contributed by atoms with E-state index in [2.05, 4.69) is 5.32 Å². The van der Waals surface area contributed by atoms with Gasteiger partial charge in [0.1, 0.15) is 6.04 Å². The van der Waals surface area contributed by atoms with E-state index in [1.807, 2.05) is 0 Å². The molecular weight excluding hydrogens is 210 g/mol. The number of nitrogens with one attached hydrogen (secondary N) is 1. The Morgan fingerprint density at radius 1 is 1.62 bits per heavy atom. The van der Waals surface area contributed by atoms with Crippen molar-refractivity contribution < 1.29 is 14.7 Å². The van der Waals surface area contributed by atoms with Gasteiger partial charge in [0.25, 0.3) is 0 Å². The van der Waals surface area contributed by atoms with E-state index in [0.717, 1.165) is 19.4 Å². The first-order chi connectivity index (χ1) is 7.60. The van der Waals surface area contributed by atoms with Crippen LogP contribution in [-0.2, 0) is 9.59 Å². The molecule has 0 radical (unpaired) electrons. The average molecular weight is 227 g/mol. The topological polar surface area (TPSA) is 95.7 Å². The van der Waals surface area contributed by atoms with Gasteiger partial charge in [-0.25, -0.2) is 0 Å². The standard InChI is InChI=1S/C10H17N3O3/c11-8(15)7(6-14)13-5-3-10(9(13)16)2-1-4-12-10/h7,12,14H,1-6H2,(H2,11,15)/t7-,10?/m0/s1. The van der Waals surface area contributed by atoms with Gasteiger partial charge in [-0.15, -0.1) is 0 Å². The zero-order valence-electron chi connectivity index (χ0n) is 9.11. The number of nitrogens with zero attached hydrogens (tertiary/aromatic N) is 1. The first-order valence-corrected chi connectivity index (χ1v) is 5.57. The minimum absolute atomic E-state index is 0.0946. The Morgan fingerprint density at radius 3 is 2.88 bits per heavy atom. The van der Waals surface area contributed by atoms with Crippen molar-refractivity contribution in [2.45, 2.75) is 30.8 Å². The third-order valence-corrected chi connectivity index (χ3v) is 3.57. The van der Waals surface area contributed by atoms with Gasteiger partial charge in [0.2, 0.25) is 11.8 Å². The van der Waals surface area contributed by atoms with Gasteiger partial charge in [0, 0.05) is 6.54 Å². The maximum absolute atomic E-state index is 12.2. The molecule has 0 aliphatic carbocycles. The number of aliphatic hydroxyl groups excluding tert-OH is 1. The van der Waals surface area contributed by atoms with Crippen LogP contribution in [0.15, 0.2) is 0 Å². The second-order valence-electron chi connectivity index (χ2n) is 4.46. The lowest BCUT2D eigenvalue weighted by Gasteiger charge is -2.26. The number of nitrogens with two attached hydrogens (primary N) is 1. The lowest BCUT2D eigenvalue weighted by molar-refractivity contribution is -0.140. The summed E-state index contributed by atoms with van der Waals surface area (Å²) in [7, 11) is 0. The number of carbonyl (C=O) groups excluding carboxylic acids is 2. The number of likely N-dealkylation sites (tertiary alicyclic amines) is 1. The zero-order chi connectivity index (χ0) is 11.8. The number of hydrogen-bond acceptors (Lipinski definition) is 4. The molecule has 2 aliphatic heterocycles. The van der Waals surface area contributed by atoms with Crippen LogP contribution >= 0.6 is 0 Å². The van der Waals surface area contributed by atoms with Crippen LogP contribution in [0.3, 0.4) is 0 Å². The number of rotatable bonds is 3. The smallest absolute Gasteiger partial charge is 0.243 e. The Balaban J connectivity index is 2.14. The van der Waals surface area contributed by atoms with Gasteiger partial charge in [0.15, 0.2) is 0 Å². The predicted octanol–water partition coefficient (Wildman–Crippen LogP) is -1.81. The van der Waals surface area contributed by atoms with E-state index < -0.39 is 24.1 Å². The highest BCUT2D eigenvalue weighted by molar-refractivity contribution is 5.93. The van der Waals surface area contributed by atoms with Crippen molar-refractivity contribution in [3.05, 3.63) is 0 Å². The number of aliphatic hydroxyl groups is 1. The second-order valence-corrected chi connectivity index (χ2v) is 4.46. The molecule has 0 aromatic heterocycles. The van der Waals surface area contributed by atoms with Crippen LogP contribution in [0, 0.1) is 0 Å². The van der Waals surface area contributed by atoms with Crippen LogP contribution in [0.5, 0.6) is 0 Å². The van der Waals surface area contributed by atoms with Crippen LogP contribution in [0.2, 0.25) is 0 Å². The van der Waals surface area contributed by atoms with Crippen molar-refractivity contribution in [3.63, 3.8) is 0 Å². The quantitative estimate of drug-likeness (QED) is 0.529. The molecule has 2 atom stereocenters. The van der Waals surface area contributed by atoms with Gasteiger partial charge < -0.3 is 21.1 Å². The fourth-order valence-electron chi connectivity index (χ4n) is 2.64. The third-order valence-electron chi connectivity index (χ3n) is 3.57. The molecule has 2 fully saturated rings. The molecule has 16 heavy (non-hydrogen) atoms. The molecule has 2 aliphatic rings. The molecule has 2 amide bonds. The summed E-state index contributed by atoms with van der Waals surface area (Å²) in [6.45, 7) is 0.914. The van der Waals surface area contributed by atoms with Gasteiger partial charge >= 0.3 is 0 Å². The van der Waals surface area contributed by atoms with Crippen molar-refractivity contribution in [2.24, 2.45) is 5.73 Å². The van der Waals surface area contributed by atoms with Gasteiger partial charge in [0.05, 0.1) is 12.1 Å². The Hall–Kier alpha value is -1.14. The normalized spacial score (nSPS) is 31.3. The average Bonchev–Trinajstić information content (AvgIpc) is 2.82. The summed E-state index contributed by atoms with van der Waals surface area (Å²) >= 11 is 0. The molecule has 4 N–H and O–H groups in total. The minimum Gasteiger partial charge on any atom is -0.394 e. The molecule has 0 bridgehead atoms. The molecule has 1 spiro atoms. The van der Waals surface area contributed by atoms with E-state index in [1.165, 1.54) is 4.90 Å². The van der Waals surface area contributed by atoms with Gasteiger partial charge in [-0.1, -0.05) is 0 Å². The molecule has 2 heterocycles. The summed E-state index contributed by atoms with van der Waals surface area (Å²) in [5, 5.41) is 12.3. The van der Waals surface area contributed by atoms with Crippen LogP contribution in [0.4, 0.5) is 0 Å². The highest BCUT2D eigenvalue weighted by atomic mass is 16.3. The van der Waals surface area contributed by atoms with Crippen molar-refractivity contribution >= 4 is 11.8 Å². The molecule has 6 nitrogen and oxygen atoms in total. The Bertz CT molecular complexity index is 312. The van der Waals surface area contributed by atoms with E-state index >= 15 is 0 Å². The lowest BCUT2D eigenvalue weighted by Crippen LogP contribution is -2.53. The summed E-state index contributed by atoms with van der Waals surface area (Å²) in [5.41, 5.74) is 4.67. The molecule has 1 unspecified atom stereocenters. The largest absolute Gasteiger partial charge is 0.394 e. The number of carbonyl (C=O) groups is 2. The molecular formula is C10H17N3O3. The summed E-state index contributed by atoms with van der Waals surface area (Å²) in [6, 6.07) is -0.880. The van der Waals surface area contributed by atoms with Gasteiger partial charge in [-0.05, 0) is 25.8 Å². The van der Waals surface area contributed by atoms with E-state index in [-0.39, 0.29) is 5.91 Å². The number of amides is 2. The summed E-state index contributed by atoms with van der Waals surface area (Å²) < 4.78 is 0. The van der Waals surface area contributed by atoms with Crippen LogP contribution in [0.25, 0.3) is 0 Å². The molecule has 0 aromatic rings. The molecule has 6 heteroatoms. The highest BCUT2D eigenvalue weighted by Gasteiger charge is 2.50. The second kappa shape index (κ2) is 4.03. The van der Waals surface area contributed by atoms with E-state index in [0.29, 0.717) is 13.0 Å². The first kappa shape index (κ1) is 11.3. The SMILES string of the molecule is NC(=O)[C@H](CO)N1CCC2(CCCN2)C1=O. The van der Waals surface area contributed by atoms with Gasteiger partial charge in [-0.2, -0.15) is 0 Å². The summed E-state index contributed by atoms with van der Waals surface area (Å²) in [4.78, 5) is 24.7. The number of hydrogen-bond donors (Lipinski definition) is 3. The summed E-state index contributed by atoms with van der Waals surface area (Å²) in [5.74, 6) is -0.742. The van der Waals surface area contributed by atoms with Gasteiger partial charge in [-0.3, -0.25) is 9.59 Å². The molecule has 2 rings (SSSR count). The van der Waals surface area contributed by atoms with Crippen LogP contribution < -0.4 is 11.1 Å². The van der Waals surface area contributed by atoms with E-state index in [4.69, 9.17) is 10.8 Å². The summed E-state index contributed by atoms with van der Waals surface area (Å²) in [6.07, 6.45) is 2.47. The van der Waals surface area contributed by atoms with E-state index in [9.17, 15) is 9.59 Å². The van der Waals surface area contributed by atoms with E-state index in [1.54, 1.807) is 0 Å². The van der Waals surface area contributed by atoms with Crippen molar-refractivity contribution in [1.82, 2.24) is 10.2 Å². The van der Waals surface area contributed by atoms with Crippen molar-refractivity contribution in [2.75, 3.05) is 19.7 Å². The third kappa shape index (κ3) is 1.58. The molecule has 2 saturated heterocycles. The Morgan fingerprint density at radius 2 is 2.38 bits per heavy atom. The molecule has 90 valence electrons. The van der Waals surface area contributed by atoms with Crippen molar-refractivity contribution in [3.8, 4) is 0 Å². The fourth-order valence-corrected chi connectivity index (χ4v) is 2.64. The maximum atomic E-state index is 12.2. The lowest BCUT2D eigenvalue weighted by atomic mass is 9.96. The maximum Gasteiger partial charge on any atom is 0.243 e. The number of primary amides is 1. The first-order valence-electron chi connectivity index (χ1n) is 5.57. The Kier molecular flexibility index (Phi) is 2.86. The molecule has 0 saturated carbocycles. The fraction of sp³-hybridized carbons (Fsp3) is 0.800. The highest BCUT2D eigenvalue weighted by Crippen LogP contribution is 2.32.